The molecule has 1 aromatic carbocycles. The highest BCUT2D eigenvalue weighted by atomic mass is 35.5. The topological polar surface area (TPSA) is 29.5 Å². The van der Waals surface area contributed by atoms with Crippen LogP contribution >= 0.6 is 23.2 Å². The molecule has 1 amide bonds. The first-order valence-electron chi connectivity index (χ1n) is 4.48. The Kier molecular flexibility index (Phi) is 2.76. The Balaban J connectivity index is 2.62. The molecule has 1 heterocycles. The van der Waals surface area contributed by atoms with Gasteiger partial charge in [-0.05, 0) is 12.1 Å². The van der Waals surface area contributed by atoms with Crippen molar-refractivity contribution in [1.82, 2.24) is 0 Å². The second-order valence-electron chi connectivity index (χ2n) is 3.26. The van der Waals surface area contributed by atoms with E-state index in [1.807, 2.05) is 0 Å². The maximum Gasteiger partial charge on any atom is 0.230 e. The molecule has 1 aliphatic heterocycles. The van der Waals surface area contributed by atoms with Gasteiger partial charge in [0.05, 0.1) is 23.1 Å². The molecule has 5 heteroatoms. The Labute approximate surface area is 97.5 Å². The summed E-state index contributed by atoms with van der Waals surface area (Å²) in [5.74, 6) is 0.454. The molecule has 0 atom stereocenters. The van der Waals surface area contributed by atoms with Crippen LogP contribution in [0.3, 0.4) is 0 Å². The van der Waals surface area contributed by atoms with Crippen LogP contribution in [0.15, 0.2) is 12.1 Å². The van der Waals surface area contributed by atoms with Crippen LogP contribution in [0, 0.1) is 0 Å². The Morgan fingerprint density at radius 1 is 1.33 bits per heavy atom. The average molecular weight is 246 g/mol. The smallest absolute Gasteiger partial charge is 0.230 e. The molecular formula is C10H9Cl2NO2. The summed E-state index contributed by atoms with van der Waals surface area (Å²) in [4.78, 5) is 13.1. The zero-order valence-corrected chi connectivity index (χ0v) is 9.60. The number of rotatable bonds is 0. The molecule has 0 unspecified atom stereocenters. The molecule has 0 fully saturated rings. The van der Waals surface area contributed by atoms with Gasteiger partial charge in [0, 0.05) is 7.05 Å². The number of fused-ring (bicyclic) bond motifs is 1. The summed E-state index contributed by atoms with van der Waals surface area (Å²) < 4.78 is 5.42. The standard InChI is InChI=1S/C10H9Cl2NO2/c1-13-8(14)4-5-15-10-7(12)3-2-6(11)9(10)13/h2-3H,4-5H2,1H3. The fourth-order valence-electron chi connectivity index (χ4n) is 1.51. The molecule has 0 aliphatic carbocycles. The molecule has 0 saturated carbocycles. The molecule has 1 aliphatic rings. The van der Waals surface area contributed by atoms with E-state index < -0.39 is 0 Å². The number of nitrogens with zero attached hydrogens (tertiary/aromatic N) is 1. The lowest BCUT2D eigenvalue weighted by Crippen LogP contribution is -2.25. The zero-order chi connectivity index (χ0) is 11.0. The van der Waals surface area contributed by atoms with E-state index >= 15 is 0 Å². The molecule has 2 rings (SSSR count). The van der Waals surface area contributed by atoms with Gasteiger partial charge in [0.15, 0.2) is 5.75 Å². The quantitative estimate of drug-likeness (QED) is 0.704. The van der Waals surface area contributed by atoms with Crippen molar-refractivity contribution in [3.63, 3.8) is 0 Å². The molecule has 0 aromatic heterocycles. The third-order valence-corrected chi connectivity index (χ3v) is 2.91. The summed E-state index contributed by atoms with van der Waals surface area (Å²) in [6.07, 6.45) is 0.331. The number of ether oxygens (including phenoxy) is 1. The highest BCUT2D eigenvalue weighted by molar-refractivity contribution is 6.37. The van der Waals surface area contributed by atoms with Gasteiger partial charge in [0.25, 0.3) is 0 Å². The first-order chi connectivity index (χ1) is 7.11. The normalized spacial score (nSPS) is 15.7. The van der Waals surface area contributed by atoms with E-state index in [1.165, 1.54) is 4.90 Å². The monoisotopic (exact) mass is 245 g/mol. The van der Waals surface area contributed by atoms with Crippen LogP contribution in [0.2, 0.25) is 10.0 Å². The summed E-state index contributed by atoms with van der Waals surface area (Å²) in [5.41, 5.74) is 0.548. The highest BCUT2D eigenvalue weighted by Crippen LogP contribution is 2.42. The van der Waals surface area contributed by atoms with Crippen molar-refractivity contribution in [3.8, 4) is 5.75 Å². The summed E-state index contributed by atoms with van der Waals surface area (Å²) >= 11 is 12.0. The number of amides is 1. The fourth-order valence-corrected chi connectivity index (χ4v) is 1.99. The van der Waals surface area contributed by atoms with E-state index in [0.29, 0.717) is 34.5 Å². The van der Waals surface area contributed by atoms with E-state index in [0.717, 1.165) is 0 Å². The third-order valence-electron chi connectivity index (χ3n) is 2.31. The van der Waals surface area contributed by atoms with E-state index in [2.05, 4.69) is 0 Å². The molecule has 3 nitrogen and oxygen atoms in total. The van der Waals surface area contributed by atoms with E-state index in [9.17, 15) is 4.79 Å². The minimum absolute atomic E-state index is 0.0297. The van der Waals surface area contributed by atoms with Gasteiger partial charge >= 0.3 is 0 Å². The minimum atomic E-state index is -0.0297. The fraction of sp³-hybridized carbons (Fsp3) is 0.300. The predicted octanol–water partition coefficient (Wildman–Crippen LogP) is 2.74. The van der Waals surface area contributed by atoms with Gasteiger partial charge in [-0.1, -0.05) is 23.2 Å². The van der Waals surface area contributed by atoms with Gasteiger partial charge in [-0.2, -0.15) is 0 Å². The van der Waals surface area contributed by atoms with Crippen LogP contribution in [0.4, 0.5) is 5.69 Å². The predicted molar refractivity (Wildman–Crippen MR) is 60.0 cm³/mol. The second kappa shape index (κ2) is 3.91. The van der Waals surface area contributed by atoms with E-state index in [1.54, 1.807) is 19.2 Å². The van der Waals surface area contributed by atoms with Gasteiger partial charge < -0.3 is 9.64 Å². The number of hydrogen-bond acceptors (Lipinski definition) is 2. The average Bonchev–Trinajstić information content (AvgIpc) is 2.35. The number of hydrogen-bond donors (Lipinski definition) is 0. The van der Waals surface area contributed by atoms with Gasteiger partial charge in [0.1, 0.15) is 5.69 Å². The first kappa shape index (κ1) is 10.6. The second-order valence-corrected chi connectivity index (χ2v) is 4.07. The highest BCUT2D eigenvalue weighted by Gasteiger charge is 2.24. The van der Waals surface area contributed by atoms with Crippen molar-refractivity contribution in [1.29, 1.82) is 0 Å². The summed E-state index contributed by atoms with van der Waals surface area (Å²) in [6.45, 7) is 0.330. The van der Waals surface area contributed by atoms with Crippen LogP contribution in [0.25, 0.3) is 0 Å². The van der Waals surface area contributed by atoms with Crippen molar-refractivity contribution in [2.45, 2.75) is 6.42 Å². The first-order valence-corrected chi connectivity index (χ1v) is 5.24. The molecular weight excluding hydrogens is 237 g/mol. The molecule has 0 bridgehead atoms. The molecule has 1 aromatic rings. The van der Waals surface area contributed by atoms with Crippen LogP contribution in [-0.4, -0.2) is 19.6 Å². The van der Waals surface area contributed by atoms with Gasteiger partial charge in [0.2, 0.25) is 5.91 Å². The zero-order valence-electron chi connectivity index (χ0n) is 8.09. The molecule has 0 saturated heterocycles. The molecule has 80 valence electrons. The Hall–Kier alpha value is -0.930. The van der Waals surface area contributed by atoms with Crippen LogP contribution in [-0.2, 0) is 4.79 Å². The summed E-state index contributed by atoms with van der Waals surface area (Å²) in [7, 11) is 1.66. The van der Waals surface area contributed by atoms with Crippen LogP contribution < -0.4 is 9.64 Å². The Morgan fingerprint density at radius 3 is 2.73 bits per heavy atom. The number of halogens is 2. The third kappa shape index (κ3) is 1.77. The lowest BCUT2D eigenvalue weighted by Gasteiger charge is -2.18. The molecule has 15 heavy (non-hydrogen) atoms. The van der Waals surface area contributed by atoms with Crippen molar-refractivity contribution >= 4 is 34.8 Å². The van der Waals surface area contributed by atoms with Gasteiger partial charge in [-0.3, -0.25) is 4.79 Å². The number of benzene rings is 1. The van der Waals surface area contributed by atoms with Crippen LogP contribution in [0.5, 0.6) is 5.75 Å². The maximum atomic E-state index is 11.6. The molecule has 0 spiro atoms. The van der Waals surface area contributed by atoms with Crippen molar-refractivity contribution in [3.05, 3.63) is 22.2 Å². The van der Waals surface area contributed by atoms with Crippen molar-refractivity contribution in [2.75, 3.05) is 18.6 Å². The molecule has 0 N–H and O–H groups in total. The SMILES string of the molecule is CN1C(=O)CCOc2c(Cl)ccc(Cl)c21. The summed E-state index contributed by atoms with van der Waals surface area (Å²) in [5, 5.41) is 0.933. The number of carbonyl (C=O) groups excluding carboxylic acids is 1. The Morgan fingerprint density at radius 2 is 2.00 bits per heavy atom. The van der Waals surface area contributed by atoms with Crippen LogP contribution in [0.1, 0.15) is 6.42 Å². The largest absolute Gasteiger partial charge is 0.489 e. The lowest BCUT2D eigenvalue weighted by molar-refractivity contribution is -0.118. The van der Waals surface area contributed by atoms with Crippen molar-refractivity contribution in [2.24, 2.45) is 0 Å². The maximum absolute atomic E-state index is 11.6. The van der Waals surface area contributed by atoms with Gasteiger partial charge in [-0.15, -0.1) is 0 Å². The Bertz CT molecular complexity index is 420. The molecule has 0 radical (unpaired) electrons. The summed E-state index contributed by atoms with van der Waals surface area (Å²) in [6, 6.07) is 3.31. The lowest BCUT2D eigenvalue weighted by atomic mass is 10.2. The van der Waals surface area contributed by atoms with E-state index in [4.69, 9.17) is 27.9 Å². The van der Waals surface area contributed by atoms with Gasteiger partial charge in [-0.25, -0.2) is 0 Å². The van der Waals surface area contributed by atoms with Crippen molar-refractivity contribution < 1.29 is 9.53 Å². The number of anilines is 1. The van der Waals surface area contributed by atoms with E-state index in [-0.39, 0.29) is 5.91 Å². The minimum Gasteiger partial charge on any atom is -0.489 e. The number of carbonyl (C=O) groups is 1.